The van der Waals surface area contributed by atoms with Crippen LogP contribution in [0, 0.1) is 0 Å². The van der Waals surface area contributed by atoms with E-state index >= 15 is 0 Å². The van der Waals surface area contributed by atoms with E-state index in [1.807, 2.05) is 13.8 Å². The molecular weight excluding hydrogens is 259 g/mol. The van der Waals surface area contributed by atoms with E-state index in [0.717, 1.165) is 6.54 Å². The lowest BCUT2D eigenvalue weighted by atomic mass is 10.2. The molecule has 0 radical (unpaired) electrons. The first-order chi connectivity index (χ1) is 8.02. The van der Waals surface area contributed by atoms with Crippen molar-refractivity contribution in [1.29, 1.82) is 0 Å². The van der Waals surface area contributed by atoms with Crippen molar-refractivity contribution in [3.05, 3.63) is 28.2 Å². The Kier molecular flexibility index (Phi) is 5.75. The van der Waals surface area contributed by atoms with Gasteiger partial charge in [-0.25, -0.2) is 0 Å². The molecule has 0 aromatic heterocycles. The Bertz CT molecular complexity index is 396. The third-order valence-corrected chi connectivity index (χ3v) is 2.99. The molecule has 1 amide bonds. The van der Waals surface area contributed by atoms with Gasteiger partial charge in [-0.05, 0) is 31.7 Å². The zero-order valence-corrected chi connectivity index (χ0v) is 11.4. The van der Waals surface area contributed by atoms with Crippen molar-refractivity contribution < 1.29 is 4.79 Å². The Labute approximate surface area is 111 Å². The maximum absolute atomic E-state index is 11.7. The van der Waals surface area contributed by atoms with E-state index < -0.39 is 0 Å². The highest BCUT2D eigenvalue weighted by atomic mass is 35.5. The molecule has 0 aliphatic carbocycles. The number of hydrogen-bond acceptors (Lipinski definition) is 2. The molecule has 1 aromatic carbocycles. The lowest BCUT2D eigenvalue weighted by molar-refractivity contribution is -0.116. The van der Waals surface area contributed by atoms with Crippen LogP contribution in [0.4, 0.5) is 5.69 Å². The van der Waals surface area contributed by atoms with E-state index in [1.165, 1.54) is 0 Å². The third kappa shape index (κ3) is 4.94. The summed E-state index contributed by atoms with van der Waals surface area (Å²) in [7, 11) is 0. The monoisotopic (exact) mass is 274 g/mol. The molecule has 0 heterocycles. The maximum atomic E-state index is 11.7. The van der Waals surface area contributed by atoms with Crippen LogP contribution in [0.15, 0.2) is 18.2 Å². The fourth-order valence-corrected chi connectivity index (χ4v) is 1.78. The molecule has 5 heteroatoms. The molecule has 1 atom stereocenters. The predicted octanol–water partition coefficient (Wildman–Crippen LogP) is 3.32. The van der Waals surface area contributed by atoms with Gasteiger partial charge in [-0.3, -0.25) is 4.79 Å². The summed E-state index contributed by atoms with van der Waals surface area (Å²) in [6, 6.07) is 5.18. The second kappa shape index (κ2) is 6.84. The normalized spacial score (nSPS) is 12.2. The van der Waals surface area contributed by atoms with Crippen molar-refractivity contribution in [1.82, 2.24) is 5.32 Å². The van der Waals surface area contributed by atoms with Gasteiger partial charge in [0.05, 0.1) is 10.0 Å². The second-order valence-corrected chi connectivity index (χ2v) is 4.65. The van der Waals surface area contributed by atoms with Gasteiger partial charge in [0.2, 0.25) is 5.91 Å². The molecule has 0 saturated carbocycles. The van der Waals surface area contributed by atoms with Gasteiger partial charge in [0, 0.05) is 18.2 Å². The summed E-state index contributed by atoms with van der Waals surface area (Å²) in [4.78, 5) is 11.7. The van der Waals surface area contributed by atoms with Gasteiger partial charge in [-0.2, -0.15) is 0 Å². The van der Waals surface area contributed by atoms with Crippen LogP contribution in [0.5, 0.6) is 0 Å². The van der Waals surface area contributed by atoms with Gasteiger partial charge >= 0.3 is 0 Å². The zero-order chi connectivity index (χ0) is 12.8. The number of halogens is 2. The smallest absolute Gasteiger partial charge is 0.225 e. The molecule has 1 unspecified atom stereocenters. The molecule has 0 aliphatic rings. The summed E-state index contributed by atoms with van der Waals surface area (Å²) in [6.07, 6.45) is 0.425. The van der Waals surface area contributed by atoms with Crippen molar-refractivity contribution in [2.45, 2.75) is 26.3 Å². The number of amides is 1. The molecule has 0 fully saturated rings. The molecule has 0 aliphatic heterocycles. The van der Waals surface area contributed by atoms with E-state index in [2.05, 4.69) is 10.6 Å². The van der Waals surface area contributed by atoms with Crippen LogP contribution in [-0.4, -0.2) is 18.5 Å². The number of benzene rings is 1. The first kappa shape index (κ1) is 14.3. The first-order valence-electron chi connectivity index (χ1n) is 5.51. The van der Waals surface area contributed by atoms with Crippen LogP contribution < -0.4 is 10.6 Å². The van der Waals surface area contributed by atoms with E-state index in [4.69, 9.17) is 23.2 Å². The predicted molar refractivity (Wildman–Crippen MR) is 72.8 cm³/mol. The van der Waals surface area contributed by atoms with Gasteiger partial charge < -0.3 is 10.6 Å². The lowest BCUT2D eigenvalue weighted by Crippen LogP contribution is -2.30. The van der Waals surface area contributed by atoms with Gasteiger partial charge in [0.15, 0.2) is 0 Å². The molecule has 0 spiro atoms. The van der Waals surface area contributed by atoms with Gasteiger partial charge in [0.1, 0.15) is 0 Å². The number of rotatable bonds is 5. The number of carbonyl (C=O) groups excluding carboxylic acids is 1. The van der Waals surface area contributed by atoms with E-state index in [-0.39, 0.29) is 11.9 Å². The zero-order valence-electron chi connectivity index (χ0n) is 9.89. The summed E-state index contributed by atoms with van der Waals surface area (Å²) >= 11 is 11.6. The topological polar surface area (TPSA) is 41.1 Å². The average molecular weight is 275 g/mol. The minimum atomic E-state index is -0.0446. The molecule has 94 valence electrons. The maximum Gasteiger partial charge on any atom is 0.225 e. The Morgan fingerprint density at radius 1 is 1.35 bits per heavy atom. The van der Waals surface area contributed by atoms with Gasteiger partial charge in [-0.15, -0.1) is 0 Å². The van der Waals surface area contributed by atoms with Gasteiger partial charge in [-0.1, -0.05) is 30.1 Å². The first-order valence-corrected chi connectivity index (χ1v) is 6.26. The van der Waals surface area contributed by atoms with Crippen molar-refractivity contribution in [3.63, 3.8) is 0 Å². The summed E-state index contributed by atoms with van der Waals surface area (Å²) in [5, 5.41) is 6.86. The standard InChI is InChI=1S/C12H16Cl2N2O/c1-3-15-8(2)6-12(17)16-9-4-5-10(13)11(14)7-9/h4-5,7-8,15H,3,6H2,1-2H3,(H,16,17). The number of hydrogen-bond donors (Lipinski definition) is 2. The molecule has 0 bridgehead atoms. The SMILES string of the molecule is CCNC(C)CC(=O)Nc1ccc(Cl)c(Cl)c1. The number of anilines is 1. The van der Waals surface area contributed by atoms with Crippen LogP contribution in [0.2, 0.25) is 10.0 Å². The fraction of sp³-hybridized carbons (Fsp3) is 0.417. The average Bonchev–Trinajstić information content (AvgIpc) is 2.23. The van der Waals surface area contributed by atoms with Crippen LogP contribution >= 0.6 is 23.2 Å². The molecule has 2 N–H and O–H groups in total. The molecule has 3 nitrogen and oxygen atoms in total. The third-order valence-electron chi connectivity index (χ3n) is 2.25. The Morgan fingerprint density at radius 2 is 2.06 bits per heavy atom. The molecule has 1 rings (SSSR count). The highest BCUT2D eigenvalue weighted by Gasteiger charge is 2.08. The Morgan fingerprint density at radius 3 is 2.65 bits per heavy atom. The van der Waals surface area contributed by atoms with Crippen LogP contribution in [-0.2, 0) is 4.79 Å². The fourth-order valence-electron chi connectivity index (χ4n) is 1.48. The van der Waals surface area contributed by atoms with Gasteiger partial charge in [0.25, 0.3) is 0 Å². The largest absolute Gasteiger partial charge is 0.326 e. The van der Waals surface area contributed by atoms with Crippen molar-refractivity contribution in [2.24, 2.45) is 0 Å². The molecule has 17 heavy (non-hydrogen) atoms. The van der Waals surface area contributed by atoms with E-state index in [9.17, 15) is 4.79 Å². The summed E-state index contributed by atoms with van der Waals surface area (Å²) in [5.74, 6) is -0.0446. The minimum absolute atomic E-state index is 0.0446. The summed E-state index contributed by atoms with van der Waals surface area (Å²) in [5.41, 5.74) is 0.660. The van der Waals surface area contributed by atoms with Crippen molar-refractivity contribution in [3.8, 4) is 0 Å². The van der Waals surface area contributed by atoms with Crippen molar-refractivity contribution in [2.75, 3.05) is 11.9 Å². The summed E-state index contributed by atoms with van der Waals surface area (Å²) in [6.45, 7) is 4.83. The van der Waals surface area contributed by atoms with E-state index in [0.29, 0.717) is 22.2 Å². The second-order valence-electron chi connectivity index (χ2n) is 3.84. The minimum Gasteiger partial charge on any atom is -0.326 e. The Balaban J connectivity index is 2.53. The molecule has 0 saturated heterocycles. The molecular formula is C12H16Cl2N2O. The van der Waals surface area contributed by atoms with Crippen LogP contribution in [0.1, 0.15) is 20.3 Å². The lowest BCUT2D eigenvalue weighted by Gasteiger charge is -2.12. The summed E-state index contributed by atoms with van der Waals surface area (Å²) < 4.78 is 0. The van der Waals surface area contributed by atoms with E-state index in [1.54, 1.807) is 18.2 Å². The van der Waals surface area contributed by atoms with Crippen molar-refractivity contribution >= 4 is 34.8 Å². The highest BCUT2D eigenvalue weighted by Crippen LogP contribution is 2.25. The number of nitrogens with one attached hydrogen (secondary N) is 2. The number of carbonyl (C=O) groups is 1. The van der Waals surface area contributed by atoms with Crippen LogP contribution in [0.25, 0.3) is 0 Å². The highest BCUT2D eigenvalue weighted by molar-refractivity contribution is 6.42. The van der Waals surface area contributed by atoms with Crippen LogP contribution in [0.3, 0.4) is 0 Å². The molecule has 1 aromatic rings. The quantitative estimate of drug-likeness (QED) is 0.865. The Hall–Kier alpha value is -0.770.